The van der Waals surface area contributed by atoms with E-state index in [-0.39, 0.29) is 35.3 Å². The van der Waals surface area contributed by atoms with E-state index in [0.29, 0.717) is 12.1 Å². The molecule has 28 heavy (non-hydrogen) atoms. The lowest BCUT2D eigenvalue weighted by molar-refractivity contribution is 0.0673. The first kappa shape index (κ1) is 17.8. The van der Waals surface area contributed by atoms with Gasteiger partial charge in [-0.3, -0.25) is 4.79 Å². The van der Waals surface area contributed by atoms with Crippen molar-refractivity contribution in [1.29, 1.82) is 0 Å². The largest absolute Gasteiger partial charge is 0.330 e. The normalized spacial score (nSPS) is 23.0. The third kappa shape index (κ3) is 3.03. The van der Waals surface area contributed by atoms with E-state index in [4.69, 9.17) is 0 Å². The quantitative estimate of drug-likeness (QED) is 0.785. The Morgan fingerprint density at radius 1 is 1.11 bits per heavy atom. The van der Waals surface area contributed by atoms with Gasteiger partial charge < -0.3 is 4.90 Å². The second-order valence-electron chi connectivity index (χ2n) is 8.02. The number of carbonyl (C=O) groups is 1. The molecule has 8 heteroatoms. The zero-order valence-corrected chi connectivity index (χ0v) is 16.3. The first-order chi connectivity index (χ1) is 13.4. The Bertz CT molecular complexity index is 1040. The van der Waals surface area contributed by atoms with E-state index in [1.807, 2.05) is 0 Å². The van der Waals surface area contributed by atoms with Gasteiger partial charge in [0.15, 0.2) is 15.5 Å². The Morgan fingerprint density at radius 3 is 2.50 bits per heavy atom. The Morgan fingerprint density at radius 2 is 1.86 bits per heavy atom. The number of aromatic nitrogens is 2. The summed E-state index contributed by atoms with van der Waals surface area (Å²) in [5, 5.41) is 4.62. The first-order valence-electron chi connectivity index (χ1n) is 9.83. The van der Waals surface area contributed by atoms with Crippen molar-refractivity contribution in [3.05, 3.63) is 47.0 Å². The van der Waals surface area contributed by atoms with Crippen LogP contribution in [0.2, 0.25) is 0 Å². The van der Waals surface area contributed by atoms with Gasteiger partial charge >= 0.3 is 0 Å². The van der Waals surface area contributed by atoms with Crippen LogP contribution in [-0.4, -0.2) is 52.6 Å². The van der Waals surface area contributed by atoms with Crippen molar-refractivity contribution >= 4 is 15.7 Å². The number of amides is 1. The highest BCUT2D eigenvalue weighted by molar-refractivity contribution is 7.91. The molecule has 1 aromatic heterocycles. The number of carbonyl (C=O) groups excluding carboxylic acids is 1. The van der Waals surface area contributed by atoms with E-state index in [0.717, 1.165) is 49.0 Å². The Hall–Kier alpha value is -2.22. The number of hydrogen-bond acceptors (Lipinski definition) is 4. The fourth-order valence-corrected chi connectivity index (χ4v) is 6.22. The van der Waals surface area contributed by atoms with E-state index in [2.05, 4.69) is 5.10 Å². The van der Waals surface area contributed by atoms with E-state index in [1.54, 1.807) is 21.7 Å². The number of halogens is 1. The van der Waals surface area contributed by atoms with Crippen LogP contribution in [0.1, 0.15) is 47.4 Å². The lowest BCUT2D eigenvalue weighted by atomic mass is 10.1. The molecule has 1 atom stereocenters. The molecule has 3 aliphatic rings. The van der Waals surface area contributed by atoms with Crippen LogP contribution < -0.4 is 0 Å². The van der Waals surface area contributed by atoms with Crippen LogP contribution in [-0.2, 0) is 22.7 Å². The van der Waals surface area contributed by atoms with Gasteiger partial charge in [0.05, 0.1) is 17.2 Å². The average molecular weight is 403 g/mol. The maximum atomic E-state index is 13.5. The minimum Gasteiger partial charge on any atom is -0.330 e. The van der Waals surface area contributed by atoms with Gasteiger partial charge in [-0.2, -0.15) is 5.10 Å². The monoisotopic (exact) mass is 403 g/mol. The standard InChI is InChI=1S/C20H22FN3O3S/c21-13-4-6-15(7-5-13)24-18-3-1-2-17(18)19(22-24)20(25)23(14-8-9-14)16-10-11-28(26,27)12-16/h4-7,14,16H,1-3,8-12H2. The lowest BCUT2D eigenvalue weighted by Gasteiger charge is -2.27. The van der Waals surface area contributed by atoms with Crippen molar-refractivity contribution in [1.82, 2.24) is 14.7 Å². The zero-order valence-electron chi connectivity index (χ0n) is 15.5. The summed E-state index contributed by atoms with van der Waals surface area (Å²) in [4.78, 5) is 15.3. The highest BCUT2D eigenvalue weighted by Gasteiger charge is 2.44. The maximum Gasteiger partial charge on any atom is 0.275 e. The highest BCUT2D eigenvalue weighted by Crippen LogP contribution is 2.35. The fraction of sp³-hybridized carbons (Fsp3) is 0.500. The lowest BCUT2D eigenvalue weighted by Crippen LogP contribution is -2.43. The van der Waals surface area contributed by atoms with Crippen LogP contribution in [0.5, 0.6) is 0 Å². The van der Waals surface area contributed by atoms with Gasteiger partial charge in [-0.1, -0.05) is 0 Å². The van der Waals surface area contributed by atoms with Crippen molar-refractivity contribution in [2.75, 3.05) is 11.5 Å². The SMILES string of the molecule is O=C(c1nn(-c2ccc(F)cc2)c2c1CCC2)N(C1CC1)C1CCS(=O)(=O)C1. The Labute approximate surface area is 163 Å². The smallest absolute Gasteiger partial charge is 0.275 e. The number of hydrogen-bond donors (Lipinski definition) is 0. The molecule has 2 aliphatic carbocycles. The number of fused-ring (bicyclic) bond motifs is 1. The molecule has 0 radical (unpaired) electrons. The molecule has 1 aromatic carbocycles. The van der Waals surface area contributed by atoms with Gasteiger partial charge in [-0.25, -0.2) is 17.5 Å². The summed E-state index contributed by atoms with van der Waals surface area (Å²) in [6.45, 7) is 0. The maximum absolute atomic E-state index is 13.5. The van der Waals surface area contributed by atoms with Gasteiger partial charge in [0.1, 0.15) is 5.82 Å². The summed E-state index contributed by atoms with van der Waals surface area (Å²) >= 11 is 0. The molecule has 1 amide bonds. The molecule has 0 bridgehead atoms. The summed E-state index contributed by atoms with van der Waals surface area (Å²) in [7, 11) is -3.07. The Balaban J connectivity index is 1.52. The number of nitrogens with zero attached hydrogens (tertiary/aromatic N) is 3. The second kappa shape index (κ2) is 6.40. The van der Waals surface area contributed by atoms with Gasteiger partial charge in [-0.15, -0.1) is 0 Å². The summed E-state index contributed by atoms with van der Waals surface area (Å²) < 4.78 is 39.0. The van der Waals surface area contributed by atoms with Crippen molar-refractivity contribution in [3.8, 4) is 5.69 Å². The Kier molecular flexibility index (Phi) is 4.08. The first-order valence-corrected chi connectivity index (χ1v) is 11.6. The number of rotatable bonds is 4. The summed E-state index contributed by atoms with van der Waals surface area (Å²) in [6.07, 6.45) is 4.92. The molecule has 5 rings (SSSR count). The molecule has 0 spiro atoms. The molecule has 2 fully saturated rings. The van der Waals surface area contributed by atoms with Crippen molar-refractivity contribution < 1.29 is 17.6 Å². The molecule has 2 aromatic rings. The van der Waals surface area contributed by atoms with E-state index >= 15 is 0 Å². The van der Waals surface area contributed by atoms with Crippen LogP contribution in [0, 0.1) is 5.82 Å². The van der Waals surface area contributed by atoms with Crippen molar-refractivity contribution in [2.45, 2.75) is 50.6 Å². The average Bonchev–Trinajstić information content (AvgIpc) is 3.09. The summed E-state index contributed by atoms with van der Waals surface area (Å²) in [5.41, 5.74) is 3.14. The molecule has 1 unspecified atom stereocenters. The molecule has 1 aliphatic heterocycles. The molecule has 2 heterocycles. The van der Waals surface area contributed by atoms with Crippen LogP contribution in [0.15, 0.2) is 24.3 Å². The molecule has 1 saturated heterocycles. The van der Waals surface area contributed by atoms with E-state index < -0.39 is 9.84 Å². The third-order valence-corrected chi connectivity index (χ3v) is 7.73. The van der Waals surface area contributed by atoms with Crippen LogP contribution in [0.25, 0.3) is 5.69 Å². The molecular weight excluding hydrogens is 381 g/mol. The third-order valence-electron chi connectivity index (χ3n) is 5.98. The van der Waals surface area contributed by atoms with E-state index in [1.165, 1.54) is 12.1 Å². The highest BCUT2D eigenvalue weighted by atomic mass is 32.2. The van der Waals surface area contributed by atoms with Crippen molar-refractivity contribution in [2.24, 2.45) is 0 Å². The molecule has 148 valence electrons. The van der Waals surface area contributed by atoms with Gasteiger partial charge in [0.25, 0.3) is 5.91 Å². The van der Waals surface area contributed by atoms with Crippen LogP contribution in [0.3, 0.4) is 0 Å². The van der Waals surface area contributed by atoms with Crippen LogP contribution >= 0.6 is 0 Å². The topological polar surface area (TPSA) is 72.3 Å². The second-order valence-corrected chi connectivity index (χ2v) is 10.2. The number of sulfone groups is 1. The predicted molar refractivity (Wildman–Crippen MR) is 102 cm³/mol. The minimum absolute atomic E-state index is 0.0517. The molecule has 0 N–H and O–H groups in total. The predicted octanol–water partition coefficient (Wildman–Crippen LogP) is 2.29. The zero-order chi connectivity index (χ0) is 19.5. The summed E-state index contributed by atoms with van der Waals surface area (Å²) in [5.74, 6) is -0.262. The molecule has 6 nitrogen and oxygen atoms in total. The molecule has 1 saturated carbocycles. The fourth-order valence-electron chi connectivity index (χ4n) is 4.50. The van der Waals surface area contributed by atoms with Gasteiger partial charge in [-0.05, 0) is 62.8 Å². The summed E-state index contributed by atoms with van der Waals surface area (Å²) in [6, 6.07) is 5.98. The van der Waals surface area contributed by atoms with Gasteiger partial charge in [0, 0.05) is 23.3 Å². The molecular formula is C20H22FN3O3S. The van der Waals surface area contributed by atoms with Crippen LogP contribution in [0.4, 0.5) is 4.39 Å². The number of benzene rings is 1. The minimum atomic E-state index is -3.07. The van der Waals surface area contributed by atoms with Crippen molar-refractivity contribution in [3.63, 3.8) is 0 Å². The van der Waals surface area contributed by atoms with Gasteiger partial charge in [0.2, 0.25) is 0 Å². The van der Waals surface area contributed by atoms with E-state index in [9.17, 15) is 17.6 Å².